The van der Waals surface area contributed by atoms with E-state index in [0.29, 0.717) is 23.8 Å². The lowest BCUT2D eigenvalue weighted by molar-refractivity contribution is -0.121. The second kappa shape index (κ2) is 8.18. The average Bonchev–Trinajstić information content (AvgIpc) is 3.06. The Hall–Kier alpha value is -3.61. The molecule has 0 saturated heterocycles. The van der Waals surface area contributed by atoms with Crippen molar-refractivity contribution in [2.75, 3.05) is 23.4 Å². The number of carbonyl (C=O) groups excluding carboxylic acids is 2. The molecule has 0 aliphatic carbocycles. The standard InChI is InChI=1S/C22H22N4O3/c1-16-13-20(26(24-16)14-17-7-3-2-4-8-17)23-21(27)11-12-25-18-9-5-6-10-19(18)29-15-22(25)28/h2-10,13H,11-12,14-15H2,1H3,(H,23,27). The molecule has 4 rings (SSSR count). The molecule has 1 aliphatic heterocycles. The molecule has 1 aromatic heterocycles. The summed E-state index contributed by atoms with van der Waals surface area (Å²) in [4.78, 5) is 26.4. The molecule has 7 nitrogen and oxygen atoms in total. The number of hydrogen-bond donors (Lipinski definition) is 1. The van der Waals surface area contributed by atoms with Crippen LogP contribution < -0.4 is 15.0 Å². The first-order valence-corrected chi connectivity index (χ1v) is 9.50. The second-order valence-corrected chi connectivity index (χ2v) is 6.91. The smallest absolute Gasteiger partial charge is 0.265 e. The zero-order chi connectivity index (χ0) is 20.2. The minimum absolute atomic E-state index is 0.0122. The van der Waals surface area contributed by atoms with Crippen LogP contribution in [0.2, 0.25) is 0 Å². The molecule has 1 aliphatic rings. The number of anilines is 2. The third-order valence-electron chi connectivity index (χ3n) is 4.72. The van der Waals surface area contributed by atoms with Crippen molar-refractivity contribution in [2.45, 2.75) is 19.9 Å². The van der Waals surface area contributed by atoms with Gasteiger partial charge in [-0.2, -0.15) is 5.10 Å². The predicted molar refractivity (Wildman–Crippen MR) is 110 cm³/mol. The number of amides is 2. The topological polar surface area (TPSA) is 76.5 Å². The Morgan fingerprint density at radius 1 is 1.14 bits per heavy atom. The van der Waals surface area contributed by atoms with Gasteiger partial charge in [0.15, 0.2) is 6.61 Å². The van der Waals surface area contributed by atoms with Crippen molar-refractivity contribution >= 4 is 23.3 Å². The van der Waals surface area contributed by atoms with Crippen LogP contribution in [0, 0.1) is 6.92 Å². The molecule has 2 amide bonds. The first-order valence-electron chi connectivity index (χ1n) is 9.50. The summed E-state index contributed by atoms with van der Waals surface area (Å²) < 4.78 is 7.22. The number of aromatic nitrogens is 2. The van der Waals surface area contributed by atoms with E-state index in [1.165, 1.54) is 0 Å². The summed E-state index contributed by atoms with van der Waals surface area (Å²) in [5, 5.41) is 7.39. The van der Waals surface area contributed by atoms with Crippen LogP contribution in [-0.4, -0.2) is 34.7 Å². The Labute approximate surface area is 168 Å². The van der Waals surface area contributed by atoms with Gasteiger partial charge in [0.2, 0.25) is 5.91 Å². The van der Waals surface area contributed by atoms with E-state index in [9.17, 15) is 9.59 Å². The van der Waals surface area contributed by atoms with Gasteiger partial charge >= 0.3 is 0 Å². The van der Waals surface area contributed by atoms with E-state index in [-0.39, 0.29) is 31.4 Å². The highest BCUT2D eigenvalue weighted by molar-refractivity contribution is 5.99. The van der Waals surface area contributed by atoms with Crippen LogP contribution in [0.15, 0.2) is 60.7 Å². The summed E-state index contributed by atoms with van der Waals surface area (Å²) >= 11 is 0. The Bertz CT molecular complexity index is 1030. The fourth-order valence-corrected chi connectivity index (χ4v) is 3.34. The first kappa shape index (κ1) is 18.7. The Kier molecular flexibility index (Phi) is 5.29. The van der Waals surface area contributed by atoms with E-state index in [4.69, 9.17) is 4.74 Å². The van der Waals surface area contributed by atoms with Gasteiger partial charge in [-0.1, -0.05) is 42.5 Å². The zero-order valence-electron chi connectivity index (χ0n) is 16.2. The molecule has 1 N–H and O–H groups in total. The second-order valence-electron chi connectivity index (χ2n) is 6.91. The molecule has 0 unspecified atom stereocenters. The SMILES string of the molecule is Cc1cc(NC(=O)CCN2C(=O)COc3ccccc32)n(Cc2ccccc2)n1. The third kappa shape index (κ3) is 4.29. The van der Waals surface area contributed by atoms with Crippen LogP contribution in [0.4, 0.5) is 11.5 Å². The maximum absolute atomic E-state index is 12.6. The predicted octanol–water partition coefficient (Wildman–Crippen LogP) is 2.99. The normalized spacial score (nSPS) is 13.0. The fraction of sp³-hybridized carbons (Fsp3) is 0.227. The highest BCUT2D eigenvalue weighted by Gasteiger charge is 2.25. The van der Waals surface area contributed by atoms with Crippen molar-refractivity contribution in [1.82, 2.24) is 9.78 Å². The van der Waals surface area contributed by atoms with Gasteiger partial charge in [0, 0.05) is 19.0 Å². The third-order valence-corrected chi connectivity index (χ3v) is 4.72. The maximum atomic E-state index is 12.6. The quantitative estimate of drug-likeness (QED) is 0.702. The van der Waals surface area contributed by atoms with Gasteiger partial charge in [0.05, 0.1) is 17.9 Å². The van der Waals surface area contributed by atoms with Crippen LogP contribution in [0.1, 0.15) is 17.7 Å². The van der Waals surface area contributed by atoms with Crippen LogP contribution in [0.5, 0.6) is 5.75 Å². The Morgan fingerprint density at radius 2 is 1.90 bits per heavy atom. The van der Waals surface area contributed by atoms with Gasteiger partial charge < -0.3 is 15.0 Å². The summed E-state index contributed by atoms with van der Waals surface area (Å²) in [6, 6.07) is 19.1. The number of ether oxygens (including phenoxy) is 1. The van der Waals surface area contributed by atoms with Crippen molar-refractivity contribution < 1.29 is 14.3 Å². The number of fused-ring (bicyclic) bond motifs is 1. The number of para-hydroxylation sites is 2. The number of carbonyl (C=O) groups is 2. The fourth-order valence-electron chi connectivity index (χ4n) is 3.34. The van der Waals surface area contributed by atoms with Gasteiger partial charge in [-0.25, -0.2) is 4.68 Å². The van der Waals surface area contributed by atoms with Crippen LogP contribution >= 0.6 is 0 Å². The van der Waals surface area contributed by atoms with Gasteiger partial charge in [0.1, 0.15) is 11.6 Å². The number of nitrogens with one attached hydrogen (secondary N) is 1. The van der Waals surface area contributed by atoms with E-state index in [2.05, 4.69) is 10.4 Å². The van der Waals surface area contributed by atoms with Gasteiger partial charge in [0.25, 0.3) is 5.91 Å². The summed E-state index contributed by atoms with van der Waals surface area (Å²) in [6.07, 6.45) is 0.176. The van der Waals surface area contributed by atoms with E-state index >= 15 is 0 Å². The molecule has 29 heavy (non-hydrogen) atoms. The van der Waals surface area contributed by atoms with Gasteiger partial charge in [-0.05, 0) is 24.6 Å². The van der Waals surface area contributed by atoms with Crippen molar-refractivity contribution in [1.29, 1.82) is 0 Å². The van der Waals surface area contributed by atoms with Gasteiger partial charge in [-0.3, -0.25) is 9.59 Å². The summed E-state index contributed by atoms with van der Waals surface area (Å²) in [6.45, 7) is 2.73. The molecule has 2 aromatic carbocycles. The van der Waals surface area contributed by atoms with E-state index in [0.717, 1.165) is 11.3 Å². The van der Waals surface area contributed by atoms with Crippen LogP contribution in [-0.2, 0) is 16.1 Å². The lowest BCUT2D eigenvalue weighted by Gasteiger charge is -2.29. The van der Waals surface area contributed by atoms with Crippen molar-refractivity contribution in [2.24, 2.45) is 0 Å². The molecule has 2 heterocycles. The van der Waals surface area contributed by atoms with E-state index in [1.54, 1.807) is 9.58 Å². The lowest BCUT2D eigenvalue weighted by Crippen LogP contribution is -2.40. The van der Waals surface area contributed by atoms with E-state index < -0.39 is 0 Å². The molecule has 0 radical (unpaired) electrons. The molecule has 0 spiro atoms. The molecule has 7 heteroatoms. The number of rotatable bonds is 6. The molecular weight excluding hydrogens is 368 g/mol. The summed E-state index contributed by atoms with van der Waals surface area (Å²) in [5.74, 6) is 0.978. The lowest BCUT2D eigenvalue weighted by atomic mass is 10.2. The average molecular weight is 390 g/mol. The number of benzene rings is 2. The van der Waals surface area contributed by atoms with Crippen molar-refractivity contribution in [3.05, 3.63) is 71.9 Å². The molecule has 0 saturated carbocycles. The van der Waals surface area contributed by atoms with Crippen molar-refractivity contribution in [3.8, 4) is 5.75 Å². The number of hydrogen-bond acceptors (Lipinski definition) is 4. The molecule has 0 fully saturated rings. The largest absolute Gasteiger partial charge is 0.482 e. The minimum atomic E-state index is -0.170. The van der Waals surface area contributed by atoms with Crippen molar-refractivity contribution in [3.63, 3.8) is 0 Å². The Balaban J connectivity index is 1.41. The minimum Gasteiger partial charge on any atom is -0.482 e. The van der Waals surface area contributed by atoms with Gasteiger partial charge in [-0.15, -0.1) is 0 Å². The van der Waals surface area contributed by atoms with Crippen LogP contribution in [0.25, 0.3) is 0 Å². The molecular formula is C22H22N4O3. The number of aryl methyl sites for hydroxylation is 1. The first-order chi connectivity index (χ1) is 14.1. The molecule has 148 valence electrons. The number of nitrogens with zero attached hydrogens (tertiary/aromatic N) is 3. The summed E-state index contributed by atoms with van der Waals surface area (Å²) in [7, 11) is 0. The molecule has 0 atom stereocenters. The highest BCUT2D eigenvalue weighted by atomic mass is 16.5. The summed E-state index contributed by atoms with van der Waals surface area (Å²) in [5.41, 5.74) is 2.62. The molecule has 3 aromatic rings. The molecule has 0 bridgehead atoms. The Morgan fingerprint density at radius 3 is 2.72 bits per heavy atom. The monoisotopic (exact) mass is 390 g/mol. The highest BCUT2D eigenvalue weighted by Crippen LogP contribution is 2.31. The zero-order valence-corrected chi connectivity index (χ0v) is 16.2. The van der Waals surface area contributed by atoms with E-state index in [1.807, 2.05) is 67.6 Å². The maximum Gasteiger partial charge on any atom is 0.265 e. The van der Waals surface area contributed by atoms with Crippen LogP contribution in [0.3, 0.4) is 0 Å².